The molecule has 16 heavy (non-hydrogen) atoms. The lowest BCUT2D eigenvalue weighted by atomic mass is 9.91. The molecule has 2 rings (SSSR count). The first kappa shape index (κ1) is 11.3. The van der Waals surface area contributed by atoms with E-state index in [9.17, 15) is 9.18 Å². The van der Waals surface area contributed by atoms with Crippen molar-refractivity contribution in [2.75, 3.05) is 0 Å². The molecule has 1 nitrogen and oxygen atoms in total. The summed E-state index contributed by atoms with van der Waals surface area (Å²) in [6, 6.07) is 6.43. The zero-order valence-electron chi connectivity index (χ0n) is 8.75. The predicted octanol–water partition coefficient (Wildman–Crippen LogP) is 3.57. The van der Waals surface area contributed by atoms with Crippen LogP contribution in [-0.2, 0) is 4.79 Å². The van der Waals surface area contributed by atoms with Gasteiger partial charge in [-0.3, -0.25) is 4.79 Å². The number of Topliss-reactive ketones (excluding diaryl/α,β-unsaturated/α-hetero) is 1. The van der Waals surface area contributed by atoms with Gasteiger partial charge in [-0.05, 0) is 37.0 Å². The number of carbonyl (C=O) groups excluding carboxylic acids is 1. The van der Waals surface area contributed by atoms with Crippen LogP contribution in [0.15, 0.2) is 29.8 Å². The molecule has 84 valence electrons. The van der Waals surface area contributed by atoms with E-state index in [-0.39, 0.29) is 11.6 Å². The number of halogens is 2. The first-order valence-electron chi connectivity index (χ1n) is 5.32. The fraction of sp³-hybridized carbons (Fsp3) is 0.308. The van der Waals surface area contributed by atoms with Gasteiger partial charge in [-0.25, -0.2) is 4.39 Å². The van der Waals surface area contributed by atoms with Crippen LogP contribution in [0.4, 0.5) is 4.39 Å². The predicted molar refractivity (Wildman–Crippen MR) is 62.9 cm³/mol. The number of allylic oxidation sites excluding steroid dienone is 1. The van der Waals surface area contributed by atoms with Crippen molar-refractivity contribution >= 4 is 23.5 Å². The van der Waals surface area contributed by atoms with Crippen LogP contribution < -0.4 is 0 Å². The summed E-state index contributed by atoms with van der Waals surface area (Å²) < 4.78 is 13.4. The molecule has 1 saturated carbocycles. The van der Waals surface area contributed by atoms with Crippen LogP contribution in [-0.4, -0.2) is 11.2 Å². The molecule has 1 atom stereocenters. The molecule has 1 unspecified atom stereocenters. The van der Waals surface area contributed by atoms with Crippen molar-refractivity contribution in [3.63, 3.8) is 0 Å². The molecule has 0 N–H and O–H groups in total. The molecule has 0 heterocycles. The van der Waals surface area contributed by atoms with Crippen molar-refractivity contribution in [3.05, 3.63) is 41.2 Å². The third-order valence-corrected chi connectivity index (χ3v) is 3.16. The van der Waals surface area contributed by atoms with E-state index in [1.54, 1.807) is 24.3 Å². The highest BCUT2D eigenvalue weighted by Crippen LogP contribution is 2.26. The van der Waals surface area contributed by atoms with Gasteiger partial charge in [-0.1, -0.05) is 18.2 Å². The molecule has 0 aliphatic heterocycles. The fourth-order valence-electron chi connectivity index (χ4n) is 1.85. The molecule has 0 radical (unpaired) electrons. The van der Waals surface area contributed by atoms with E-state index in [0.29, 0.717) is 17.6 Å². The summed E-state index contributed by atoms with van der Waals surface area (Å²) in [5.74, 6) is -0.365. The lowest BCUT2D eigenvalue weighted by Gasteiger charge is -2.17. The van der Waals surface area contributed by atoms with E-state index >= 15 is 0 Å². The zero-order chi connectivity index (χ0) is 11.5. The lowest BCUT2D eigenvalue weighted by molar-refractivity contribution is -0.116. The second kappa shape index (κ2) is 4.79. The van der Waals surface area contributed by atoms with Gasteiger partial charge < -0.3 is 0 Å². The SMILES string of the molecule is O=C1C(=Cc2ccccc2F)CCCC1Cl. The summed E-state index contributed by atoms with van der Waals surface area (Å²) in [4.78, 5) is 11.7. The smallest absolute Gasteiger partial charge is 0.176 e. The molecule has 0 bridgehead atoms. The Morgan fingerprint density at radius 2 is 2.12 bits per heavy atom. The van der Waals surface area contributed by atoms with Crippen LogP contribution in [0.25, 0.3) is 6.08 Å². The highest BCUT2D eigenvalue weighted by atomic mass is 35.5. The molecule has 0 spiro atoms. The van der Waals surface area contributed by atoms with Crippen molar-refractivity contribution in [2.45, 2.75) is 24.6 Å². The van der Waals surface area contributed by atoms with Crippen LogP contribution in [0, 0.1) is 5.82 Å². The Labute approximate surface area is 98.9 Å². The largest absolute Gasteiger partial charge is 0.293 e. The molecule has 1 aromatic rings. The number of carbonyl (C=O) groups is 1. The minimum atomic E-state index is -0.438. The van der Waals surface area contributed by atoms with Gasteiger partial charge in [0.15, 0.2) is 5.78 Å². The van der Waals surface area contributed by atoms with Gasteiger partial charge in [0.1, 0.15) is 5.82 Å². The summed E-state index contributed by atoms with van der Waals surface area (Å²) in [6.45, 7) is 0. The zero-order valence-corrected chi connectivity index (χ0v) is 9.51. The molecular formula is C13H12ClFO. The van der Waals surface area contributed by atoms with E-state index in [2.05, 4.69) is 0 Å². The Balaban J connectivity index is 2.30. The van der Waals surface area contributed by atoms with Crippen molar-refractivity contribution in [3.8, 4) is 0 Å². The van der Waals surface area contributed by atoms with Crippen LogP contribution >= 0.6 is 11.6 Å². The Kier molecular flexibility index (Phi) is 3.39. The molecule has 1 fully saturated rings. The molecule has 1 aliphatic carbocycles. The average Bonchev–Trinajstić information content (AvgIpc) is 2.28. The molecule has 1 aromatic carbocycles. The number of alkyl halides is 1. The van der Waals surface area contributed by atoms with E-state index in [0.717, 1.165) is 12.8 Å². The van der Waals surface area contributed by atoms with Crippen molar-refractivity contribution < 1.29 is 9.18 Å². The maximum Gasteiger partial charge on any atom is 0.176 e. The molecule has 0 amide bonds. The Morgan fingerprint density at radius 1 is 1.38 bits per heavy atom. The second-order valence-corrected chi connectivity index (χ2v) is 4.44. The minimum absolute atomic E-state index is 0.0591. The normalized spacial score (nSPS) is 23.8. The quantitative estimate of drug-likeness (QED) is 0.540. The van der Waals surface area contributed by atoms with Crippen LogP contribution in [0.5, 0.6) is 0 Å². The number of ketones is 1. The summed E-state index contributed by atoms with van der Waals surface area (Å²) in [5, 5.41) is -0.438. The topological polar surface area (TPSA) is 17.1 Å². The van der Waals surface area contributed by atoms with Gasteiger partial charge in [0.2, 0.25) is 0 Å². The lowest BCUT2D eigenvalue weighted by Crippen LogP contribution is -2.21. The highest BCUT2D eigenvalue weighted by Gasteiger charge is 2.24. The standard InChI is InChI=1S/C13H12ClFO/c14-11-6-3-5-10(13(11)16)8-9-4-1-2-7-12(9)15/h1-2,4,7-8,11H,3,5-6H2. The summed E-state index contributed by atoms with van der Waals surface area (Å²) >= 11 is 5.88. The van der Waals surface area contributed by atoms with Crippen LogP contribution in [0.1, 0.15) is 24.8 Å². The van der Waals surface area contributed by atoms with Gasteiger partial charge in [-0.2, -0.15) is 0 Å². The van der Waals surface area contributed by atoms with E-state index < -0.39 is 5.38 Å². The van der Waals surface area contributed by atoms with Gasteiger partial charge in [0.25, 0.3) is 0 Å². The number of hydrogen-bond donors (Lipinski definition) is 0. The van der Waals surface area contributed by atoms with E-state index in [1.165, 1.54) is 6.07 Å². The minimum Gasteiger partial charge on any atom is -0.293 e. The average molecular weight is 239 g/mol. The van der Waals surface area contributed by atoms with Crippen molar-refractivity contribution in [1.29, 1.82) is 0 Å². The summed E-state index contributed by atoms with van der Waals surface area (Å²) in [7, 11) is 0. The van der Waals surface area contributed by atoms with Gasteiger partial charge >= 0.3 is 0 Å². The second-order valence-electron chi connectivity index (χ2n) is 3.92. The van der Waals surface area contributed by atoms with E-state index in [4.69, 9.17) is 11.6 Å². The molecule has 3 heteroatoms. The van der Waals surface area contributed by atoms with Crippen molar-refractivity contribution in [2.24, 2.45) is 0 Å². The van der Waals surface area contributed by atoms with Crippen LogP contribution in [0.2, 0.25) is 0 Å². The first-order chi connectivity index (χ1) is 7.68. The summed E-state index contributed by atoms with van der Waals surface area (Å²) in [6.07, 6.45) is 3.91. The third kappa shape index (κ3) is 2.33. The maximum atomic E-state index is 13.4. The Hall–Kier alpha value is -1.15. The third-order valence-electron chi connectivity index (χ3n) is 2.74. The monoisotopic (exact) mass is 238 g/mol. The molecular weight excluding hydrogens is 227 g/mol. The summed E-state index contributed by atoms with van der Waals surface area (Å²) in [5.41, 5.74) is 1.09. The molecule has 0 saturated heterocycles. The fourth-order valence-corrected chi connectivity index (χ4v) is 2.14. The number of hydrogen-bond acceptors (Lipinski definition) is 1. The van der Waals surface area contributed by atoms with Crippen LogP contribution in [0.3, 0.4) is 0 Å². The number of rotatable bonds is 1. The van der Waals surface area contributed by atoms with Gasteiger partial charge in [-0.15, -0.1) is 11.6 Å². The van der Waals surface area contributed by atoms with Gasteiger partial charge in [0, 0.05) is 5.56 Å². The highest BCUT2D eigenvalue weighted by molar-refractivity contribution is 6.34. The Morgan fingerprint density at radius 3 is 2.88 bits per heavy atom. The maximum absolute atomic E-state index is 13.4. The Bertz CT molecular complexity index is 439. The number of benzene rings is 1. The van der Waals surface area contributed by atoms with Crippen molar-refractivity contribution in [1.82, 2.24) is 0 Å². The first-order valence-corrected chi connectivity index (χ1v) is 5.75. The molecule has 1 aliphatic rings. The van der Waals surface area contributed by atoms with Gasteiger partial charge in [0.05, 0.1) is 5.38 Å². The van der Waals surface area contributed by atoms with E-state index in [1.807, 2.05) is 0 Å². The molecule has 0 aromatic heterocycles.